The van der Waals surface area contributed by atoms with E-state index < -0.39 is 0 Å². The lowest BCUT2D eigenvalue weighted by molar-refractivity contribution is 0.355. The second kappa shape index (κ2) is 6.80. The highest BCUT2D eigenvalue weighted by Gasteiger charge is 2.18. The lowest BCUT2D eigenvalue weighted by atomic mass is 10.1. The normalized spacial score (nSPS) is 12.6. The minimum atomic E-state index is -0.0362. The third-order valence-electron chi connectivity index (χ3n) is 3.66. The van der Waals surface area contributed by atoms with Crippen molar-refractivity contribution >= 4 is 11.0 Å². The lowest BCUT2D eigenvalue weighted by Gasteiger charge is -2.13. The Bertz CT molecular complexity index is 607. The number of methoxy groups -OCH3 is 2. The Morgan fingerprint density at radius 1 is 1.14 bits per heavy atom. The number of nitrogens with two attached hydrogens (primary N) is 1. The average Bonchev–Trinajstić information content (AvgIpc) is 2.84. The Morgan fingerprint density at radius 2 is 1.81 bits per heavy atom. The van der Waals surface area contributed by atoms with Crippen LogP contribution in [0.3, 0.4) is 0 Å². The first kappa shape index (κ1) is 15.6. The van der Waals surface area contributed by atoms with Crippen molar-refractivity contribution in [1.82, 2.24) is 9.55 Å². The van der Waals surface area contributed by atoms with Gasteiger partial charge in [-0.2, -0.15) is 0 Å². The van der Waals surface area contributed by atoms with Crippen LogP contribution in [-0.2, 0) is 6.54 Å². The number of hydrogen-bond donors (Lipinski definition) is 1. The van der Waals surface area contributed by atoms with E-state index >= 15 is 0 Å². The molecule has 0 fully saturated rings. The van der Waals surface area contributed by atoms with Gasteiger partial charge in [-0.05, 0) is 12.8 Å². The Balaban J connectivity index is 2.61. The molecule has 0 aliphatic heterocycles. The van der Waals surface area contributed by atoms with Crippen molar-refractivity contribution in [2.75, 3.05) is 14.2 Å². The highest BCUT2D eigenvalue weighted by atomic mass is 16.5. The molecule has 5 nitrogen and oxygen atoms in total. The van der Waals surface area contributed by atoms with Crippen molar-refractivity contribution in [2.24, 2.45) is 5.73 Å². The summed E-state index contributed by atoms with van der Waals surface area (Å²) >= 11 is 0. The number of fused-ring (bicyclic) bond motifs is 1. The van der Waals surface area contributed by atoms with Gasteiger partial charge in [0.05, 0.1) is 31.3 Å². The zero-order chi connectivity index (χ0) is 15.4. The number of aryl methyl sites for hydroxylation is 1. The summed E-state index contributed by atoms with van der Waals surface area (Å²) in [6, 6.07) is 3.87. The van der Waals surface area contributed by atoms with E-state index in [1.165, 1.54) is 0 Å². The summed E-state index contributed by atoms with van der Waals surface area (Å²) in [7, 11) is 3.28. The van der Waals surface area contributed by atoms with Crippen LogP contribution in [0.25, 0.3) is 11.0 Å². The largest absolute Gasteiger partial charge is 0.493 e. The number of aromatic nitrogens is 2. The molecule has 0 bridgehead atoms. The predicted octanol–water partition coefficient (Wildman–Crippen LogP) is 3.26. The van der Waals surface area contributed by atoms with Crippen molar-refractivity contribution in [1.29, 1.82) is 0 Å². The van der Waals surface area contributed by atoms with E-state index in [2.05, 4.69) is 18.4 Å². The highest BCUT2D eigenvalue weighted by Crippen LogP contribution is 2.33. The van der Waals surface area contributed by atoms with Crippen LogP contribution in [0, 0.1) is 0 Å². The Hall–Kier alpha value is -1.75. The molecular weight excluding hydrogens is 266 g/mol. The van der Waals surface area contributed by atoms with Crippen LogP contribution >= 0.6 is 0 Å². The van der Waals surface area contributed by atoms with E-state index in [1.807, 2.05) is 12.1 Å². The molecule has 2 rings (SSSR count). The monoisotopic (exact) mass is 291 g/mol. The van der Waals surface area contributed by atoms with Crippen LogP contribution in [-0.4, -0.2) is 23.8 Å². The number of rotatable bonds is 7. The van der Waals surface area contributed by atoms with E-state index in [4.69, 9.17) is 20.2 Å². The third kappa shape index (κ3) is 2.97. The summed E-state index contributed by atoms with van der Waals surface area (Å²) in [4.78, 5) is 4.74. The highest BCUT2D eigenvalue weighted by molar-refractivity contribution is 5.80. The van der Waals surface area contributed by atoms with Gasteiger partial charge in [-0.3, -0.25) is 0 Å². The van der Waals surface area contributed by atoms with E-state index in [-0.39, 0.29) is 6.04 Å². The van der Waals surface area contributed by atoms with Gasteiger partial charge in [0.15, 0.2) is 11.5 Å². The first-order valence-electron chi connectivity index (χ1n) is 7.53. The number of nitrogens with zero attached hydrogens (tertiary/aromatic N) is 2. The van der Waals surface area contributed by atoms with Crippen LogP contribution in [0.4, 0.5) is 0 Å². The molecule has 1 heterocycles. The van der Waals surface area contributed by atoms with Crippen molar-refractivity contribution in [2.45, 2.75) is 45.7 Å². The molecule has 116 valence electrons. The van der Waals surface area contributed by atoms with Crippen molar-refractivity contribution in [3.63, 3.8) is 0 Å². The minimum absolute atomic E-state index is 0.0362. The fraction of sp³-hybridized carbons (Fsp3) is 0.562. The number of ether oxygens (including phenoxy) is 2. The molecule has 0 saturated heterocycles. The van der Waals surface area contributed by atoms with Crippen molar-refractivity contribution in [3.8, 4) is 11.5 Å². The SMILES string of the molecule is CCCC(N)c1nc2cc(OC)c(OC)cc2n1CCC. The molecule has 0 radical (unpaired) electrons. The maximum absolute atomic E-state index is 6.30. The Morgan fingerprint density at radius 3 is 2.38 bits per heavy atom. The quantitative estimate of drug-likeness (QED) is 0.850. The van der Waals surface area contributed by atoms with E-state index in [0.29, 0.717) is 5.75 Å². The molecule has 1 unspecified atom stereocenters. The van der Waals surface area contributed by atoms with Crippen LogP contribution in [0.5, 0.6) is 11.5 Å². The van der Waals surface area contributed by atoms with Gasteiger partial charge in [0, 0.05) is 18.7 Å². The van der Waals surface area contributed by atoms with Crippen molar-refractivity contribution < 1.29 is 9.47 Å². The lowest BCUT2D eigenvalue weighted by Crippen LogP contribution is -2.16. The van der Waals surface area contributed by atoms with Crippen molar-refractivity contribution in [3.05, 3.63) is 18.0 Å². The van der Waals surface area contributed by atoms with Gasteiger partial charge in [-0.15, -0.1) is 0 Å². The third-order valence-corrected chi connectivity index (χ3v) is 3.66. The summed E-state index contributed by atoms with van der Waals surface area (Å²) in [5, 5.41) is 0. The summed E-state index contributed by atoms with van der Waals surface area (Å²) in [5.74, 6) is 2.36. The summed E-state index contributed by atoms with van der Waals surface area (Å²) < 4.78 is 13.0. The molecule has 0 aliphatic rings. The average molecular weight is 291 g/mol. The molecular formula is C16H25N3O2. The molecule has 2 N–H and O–H groups in total. The molecule has 21 heavy (non-hydrogen) atoms. The Labute approximate surface area is 126 Å². The zero-order valence-electron chi connectivity index (χ0n) is 13.3. The summed E-state index contributed by atoms with van der Waals surface area (Å²) in [6.45, 7) is 5.19. The summed E-state index contributed by atoms with van der Waals surface area (Å²) in [6.07, 6.45) is 3.01. The van der Waals surface area contributed by atoms with Crippen LogP contribution in [0.2, 0.25) is 0 Å². The molecule has 0 amide bonds. The molecule has 0 aliphatic carbocycles. The molecule has 0 saturated carbocycles. The van der Waals surface area contributed by atoms with Gasteiger partial charge in [0.2, 0.25) is 0 Å². The molecule has 1 aromatic heterocycles. The summed E-state index contributed by atoms with van der Waals surface area (Å²) in [5.41, 5.74) is 8.25. The van der Waals surface area contributed by atoms with Crippen LogP contribution in [0.1, 0.15) is 45.0 Å². The predicted molar refractivity (Wildman–Crippen MR) is 85.0 cm³/mol. The maximum Gasteiger partial charge on any atom is 0.163 e. The minimum Gasteiger partial charge on any atom is -0.493 e. The molecule has 1 atom stereocenters. The van der Waals surface area contributed by atoms with Gasteiger partial charge in [0.25, 0.3) is 0 Å². The first-order chi connectivity index (χ1) is 10.2. The molecule has 1 aromatic carbocycles. The van der Waals surface area contributed by atoms with Crippen LogP contribution in [0.15, 0.2) is 12.1 Å². The Kier molecular flexibility index (Phi) is 5.07. The van der Waals surface area contributed by atoms with Gasteiger partial charge < -0.3 is 19.8 Å². The zero-order valence-corrected chi connectivity index (χ0v) is 13.3. The van der Waals surface area contributed by atoms with E-state index in [0.717, 1.165) is 48.4 Å². The fourth-order valence-corrected chi connectivity index (χ4v) is 2.65. The number of hydrogen-bond acceptors (Lipinski definition) is 4. The molecule has 0 spiro atoms. The number of benzene rings is 1. The standard InChI is InChI=1S/C16H25N3O2/c1-5-7-11(17)16-18-12-9-14(20-3)15(21-4)10-13(12)19(16)8-6-2/h9-11H,5-8,17H2,1-4H3. The van der Waals surface area contributed by atoms with Gasteiger partial charge in [-0.25, -0.2) is 4.98 Å². The van der Waals surface area contributed by atoms with Gasteiger partial charge >= 0.3 is 0 Å². The first-order valence-corrected chi connectivity index (χ1v) is 7.53. The van der Waals surface area contributed by atoms with E-state index in [9.17, 15) is 0 Å². The van der Waals surface area contributed by atoms with Crippen LogP contribution < -0.4 is 15.2 Å². The second-order valence-corrected chi connectivity index (χ2v) is 5.21. The number of imidazole rings is 1. The second-order valence-electron chi connectivity index (χ2n) is 5.21. The van der Waals surface area contributed by atoms with Gasteiger partial charge in [0.1, 0.15) is 5.82 Å². The fourth-order valence-electron chi connectivity index (χ4n) is 2.65. The maximum atomic E-state index is 6.30. The van der Waals surface area contributed by atoms with Gasteiger partial charge in [-0.1, -0.05) is 20.3 Å². The smallest absolute Gasteiger partial charge is 0.163 e. The molecule has 2 aromatic rings. The topological polar surface area (TPSA) is 62.3 Å². The molecule has 5 heteroatoms. The van der Waals surface area contributed by atoms with E-state index in [1.54, 1.807) is 14.2 Å².